The Labute approximate surface area is 154 Å². The van der Waals surface area contributed by atoms with E-state index in [0.717, 1.165) is 48.6 Å². The van der Waals surface area contributed by atoms with Gasteiger partial charge in [-0.1, -0.05) is 0 Å². The van der Waals surface area contributed by atoms with Crippen molar-refractivity contribution in [2.24, 2.45) is 0 Å². The van der Waals surface area contributed by atoms with Crippen LogP contribution in [0.4, 0.5) is 0 Å². The Morgan fingerprint density at radius 1 is 1.31 bits per heavy atom. The number of piperidine rings is 1. The van der Waals surface area contributed by atoms with Gasteiger partial charge in [-0.3, -0.25) is 4.79 Å². The van der Waals surface area contributed by atoms with Gasteiger partial charge in [-0.2, -0.15) is 0 Å². The largest absolute Gasteiger partial charge is 0.494 e. The predicted molar refractivity (Wildman–Crippen MR) is 98.5 cm³/mol. The highest BCUT2D eigenvalue weighted by molar-refractivity contribution is 5.94. The van der Waals surface area contributed by atoms with Crippen LogP contribution in [0.3, 0.4) is 0 Å². The monoisotopic (exact) mass is 354 g/mol. The van der Waals surface area contributed by atoms with E-state index >= 15 is 0 Å². The first kappa shape index (κ1) is 17.1. The molecule has 2 aromatic rings. The smallest absolute Gasteiger partial charge is 0.253 e. The molecule has 1 amide bonds. The standard InChI is InChI=1S/C20H26N4O2/c1-3-26-18-9-6-15(11-14(18)2)20(25)23-10-4-5-16(12-23)19-22-21-13-24(19)17-7-8-17/h6,9,11,13,16-17H,3-5,7-8,10,12H2,1-2H3. The third-order valence-electron chi connectivity index (χ3n) is 5.34. The summed E-state index contributed by atoms with van der Waals surface area (Å²) in [4.78, 5) is 15.0. The van der Waals surface area contributed by atoms with Gasteiger partial charge < -0.3 is 14.2 Å². The summed E-state index contributed by atoms with van der Waals surface area (Å²) in [6.45, 7) is 6.10. The van der Waals surface area contributed by atoms with Gasteiger partial charge in [-0.25, -0.2) is 0 Å². The minimum Gasteiger partial charge on any atom is -0.494 e. The zero-order valence-corrected chi connectivity index (χ0v) is 15.5. The van der Waals surface area contributed by atoms with Crippen molar-refractivity contribution >= 4 is 5.91 Å². The fourth-order valence-electron chi connectivity index (χ4n) is 3.83. The van der Waals surface area contributed by atoms with Crippen molar-refractivity contribution < 1.29 is 9.53 Å². The Hall–Kier alpha value is -2.37. The molecule has 0 N–H and O–H groups in total. The number of rotatable bonds is 5. The second-order valence-corrected chi connectivity index (χ2v) is 7.33. The van der Waals surface area contributed by atoms with Gasteiger partial charge in [0.05, 0.1) is 6.61 Å². The maximum Gasteiger partial charge on any atom is 0.253 e. The fourth-order valence-corrected chi connectivity index (χ4v) is 3.83. The second kappa shape index (κ2) is 7.09. The van der Waals surface area contributed by atoms with Crippen LogP contribution in [0, 0.1) is 6.92 Å². The van der Waals surface area contributed by atoms with E-state index < -0.39 is 0 Å². The Balaban J connectivity index is 1.49. The summed E-state index contributed by atoms with van der Waals surface area (Å²) in [5.41, 5.74) is 1.73. The highest BCUT2D eigenvalue weighted by atomic mass is 16.5. The highest BCUT2D eigenvalue weighted by Crippen LogP contribution is 2.38. The molecule has 1 aromatic heterocycles. The second-order valence-electron chi connectivity index (χ2n) is 7.33. The Morgan fingerprint density at radius 3 is 2.88 bits per heavy atom. The molecule has 1 aliphatic heterocycles. The van der Waals surface area contributed by atoms with E-state index in [1.54, 1.807) is 0 Å². The summed E-state index contributed by atoms with van der Waals surface area (Å²) in [6.07, 6.45) is 6.35. The SMILES string of the molecule is CCOc1ccc(C(=O)N2CCCC(c3nncn3C3CC3)C2)cc1C. The van der Waals surface area contributed by atoms with Gasteiger partial charge in [0.15, 0.2) is 0 Å². The summed E-state index contributed by atoms with van der Waals surface area (Å²) in [5, 5.41) is 8.49. The molecule has 26 heavy (non-hydrogen) atoms. The van der Waals surface area contributed by atoms with E-state index in [0.29, 0.717) is 12.6 Å². The Morgan fingerprint density at radius 2 is 2.15 bits per heavy atom. The number of hydrogen-bond acceptors (Lipinski definition) is 4. The van der Waals surface area contributed by atoms with Crippen LogP contribution in [0.5, 0.6) is 5.75 Å². The van der Waals surface area contributed by atoms with Crippen LogP contribution in [0.15, 0.2) is 24.5 Å². The summed E-state index contributed by atoms with van der Waals surface area (Å²) in [6, 6.07) is 6.28. The molecule has 4 rings (SSSR count). The van der Waals surface area contributed by atoms with Crippen molar-refractivity contribution in [2.75, 3.05) is 19.7 Å². The first-order valence-corrected chi connectivity index (χ1v) is 9.59. The Bertz CT molecular complexity index is 797. The first-order chi connectivity index (χ1) is 12.7. The van der Waals surface area contributed by atoms with Gasteiger partial charge in [-0.15, -0.1) is 10.2 Å². The van der Waals surface area contributed by atoms with E-state index in [1.165, 1.54) is 12.8 Å². The maximum atomic E-state index is 13.0. The lowest BCUT2D eigenvalue weighted by molar-refractivity contribution is 0.0703. The molecule has 2 fully saturated rings. The third-order valence-corrected chi connectivity index (χ3v) is 5.34. The molecule has 0 spiro atoms. The minimum absolute atomic E-state index is 0.0957. The third kappa shape index (κ3) is 3.32. The van der Waals surface area contributed by atoms with Crippen LogP contribution in [0.1, 0.15) is 66.3 Å². The van der Waals surface area contributed by atoms with Gasteiger partial charge >= 0.3 is 0 Å². The van der Waals surface area contributed by atoms with Gasteiger partial charge in [-0.05, 0) is 63.3 Å². The zero-order chi connectivity index (χ0) is 18.1. The normalized spacial score (nSPS) is 20.2. The van der Waals surface area contributed by atoms with Crippen LogP contribution >= 0.6 is 0 Å². The summed E-state index contributed by atoms with van der Waals surface area (Å²) < 4.78 is 7.80. The van der Waals surface area contributed by atoms with Crippen molar-refractivity contribution in [3.05, 3.63) is 41.5 Å². The molecular weight excluding hydrogens is 328 g/mol. The molecule has 1 saturated heterocycles. The topological polar surface area (TPSA) is 60.2 Å². The van der Waals surface area contributed by atoms with Crippen molar-refractivity contribution in [1.82, 2.24) is 19.7 Å². The molecule has 0 radical (unpaired) electrons. The molecule has 138 valence electrons. The van der Waals surface area contributed by atoms with Crippen molar-refractivity contribution in [1.29, 1.82) is 0 Å². The number of benzene rings is 1. The van der Waals surface area contributed by atoms with E-state index in [2.05, 4.69) is 14.8 Å². The lowest BCUT2D eigenvalue weighted by atomic mass is 9.96. The van der Waals surface area contributed by atoms with Crippen molar-refractivity contribution in [3.63, 3.8) is 0 Å². The fraction of sp³-hybridized carbons (Fsp3) is 0.550. The molecule has 2 aliphatic rings. The van der Waals surface area contributed by atoms with Gasteiger partial charge in [0.1, 0.15) is 17.9 Å². The van der Waals surface area contributed by atoms with Crippen LogP contribution < -0.4 is 4.74 Å². The van der Waals surface area contributed by atoms with Crippen LogP contribution in [0.2, 0.25) is 0 Å². The average Bonchev–Trinajstić information content (AvgIpc) is 3.39. The van der Waals surface area contributed by atoms with E-state index in [4.69, 9.17) is 4.74 Å². The number of carbonyl (C=O) groups is 1. The molecule has 0 bridgehead atoms. The molecule has 1 saturated carbocycles. The molecule has 1 atom stereocenters. The van der Waals surface area contributed by atoms with E-state index in [1.807, 2.05) is 43.3 Å². The number of carbonyl (C=O) groups excluding carboxylic acids is 1. The number of hydrogen-bond donors (Lipinski definition) is 0. The Kier molecular flexibility index (Phi) is 4.66. The summed E-state index contributed by atoms with van der Waals surface area (Å²) in [5.74, 6) is 2.27. The quantitative estimate of drug-likeness (QED) is 0.826. The minimum atomic E-state index is 0.0957. The molecule has 1 unspecified atom stereocenters. The predicted octanol–water partition coefficient (Wildman–Crippen LogP) is 3.34. The lowest BCUT2D eigenvalue weighted by Crippen LogP contribution is -2.39. The molecule has 1 aromatic carbocycles. The van der Waals surface area contributed by atoms with Gasteiger partial charge in [0.2, 0.25) is 0 Å². The zero-order valence-electron chi connectivity index (χ0n) is 15.5. The van der Waals surface area contributed by atoms with Crippen molar-refractivity contribution in [3.8, 4) is 5.75 Å². The first-order valence-electron chi connectivity index (χ1n) is 9.59. The van der Waals surface area contributed by atoms with Crippen molar-refractivity contribution in [2.45, 2.75) is 51.5 Å². The number of ether oxygens (including phenoxy) is 1. The van der Waals surface area contributed by atoms with Gasteiger partial charge in [0.25, 0.3) is 5.91 Å². The van der Waals surface area contributed by atoms with Crippen LogP contribution in [-0.4, -0.2) is 45.3 Å². The summed E-state index contributed by atoms with van der Waals surface area (Å²) >= 11 is 0. The molecule has 1 aliphatic carbocycles. The van der Waals surface area contributed by atoms with E-state index in [-0.39, 0.29) is 11.8 Å². The van der Waals surface area contributed by atoms with Gasteiger partial charge in [0, 0.05) is 30.6 Å². The maximum absolute atomic E-state index is 13.0. The molecule has 6 heteroatoms. The molecular formula is C20H26N4O2. The number of aryl methyl sites for hydroxylation is 1. The molecule has 2 heterocycles. The number of aromatic nitrogens is 3. The van der Waals surface area contributed by atoms with Crippen LogP contribution in [-0.2, 0) is 0 Å². The highest BCUT2D eigenvalue weighted by Gasteiger charge is 2.32. The van der Waals surface area contributed by atoms with E-state index in [9.17, 15) is 4.79 Å². The summed E-state index contributed by atoms with van der Waals surface area (Å²) in [7, 11) is 0. The number of likely N-dealkylation sites (tertiary alicyclic amines) is 1. The number of nitrogens with zero attached hydrogens (tertiary/aromatic N) is 4. The lowest BCUT2D eigenvalue weighted by Gasteiger charge is -2.32. The molecule has 6 nitrogen and oxygen atoms in total. The average molecular weight is 354 g/mol. The van der Waals surface area contributed by atoms with Crippen LogP contribution in [0.25, 0.3) is 0 Å². The number of amides is 1.